The molecule has 7 nitrogen and oxygen atoms in total. The Hall–Kier alpha value is -3.65. The van der Waals surface area contributed by atoms with E-state index in [9.17, 15) is 13.2 Å². The molecule has 0 atom stereocenters. The average molecular weight is 407 g/mol. The highest BCUT2D eigenvalue weighted by Gasteiger charge is 2.18. The van der Waals surface area contributed by atoms with Gasteiger partial charge in [-0.05, 0) is 48.0 Å². The van der Waals surface area contributed by atoms with Crippen LogP contribution < -0.4 is 11.1 Å². The van der Waals surface area contributed by atoms with Crippen LogP contribution in [0.25, 0.3) is 11.0 Å². The fourth-order valence-electron chi connectivity index (χ4n) is 2.87. The molecule has 0 aliphatic heterocycles. The minimum atomic E-state index is -3.66. The number of nitrogens with two attached hydrogens (primary N) is 1. The minimum absolute atomic E-state index is 0.137. The van der Waals surface area contributed by atoms with E-state index in [1.54, 1.807) is 48.8 Å². The molecule has 0 saturated heterocycles. The lowest BCUT2D eigenvalue weighted by atomic mass is 10.2. The highest BCUT2D eigenvalue weighted by molar-refractivity contribution is 7.91. The summed E-state index contributed by atoms with van der Waals surface area (Å²) in [6.45, 7) is 0.229. The van der Waals surface area contributed by atoms with Gasteiger partial charge in [0, 0.05) is 23.8 Å². The number of aromatic nitrogens is 1. The van der Waals surface area contributed by atoms with Crippen molar-refractivity contribution in [2.24, 2.45) is 0 Å². The molecule has 146 valence electrons. The molecule has 4 rings (SSSR count). The van der Waals surface area contributed by atoms with Crippen LogP contribution in [0.5, 0.6) is 0 Å². The first-order valence-electron chi connectivity index (χ1n) is 8.75. The maximum Gasteiger partial charge on any atom is 0.287 e. The Balaban J connectivity index is 1.46. The molecule has 0 aliphatic rings. The molecule has 29 heavy (non-hydrogen) atoms. The van der Waals surface area contributed by atoms with Crippen molar-refractivity contribution in [1.82, 2.24) is 10.3 Å². The summed E-state index contributed by atoms with van der Waals surface area (Å²) >= 11 is 0. The molecule has 3 N–H and O–H groups in total. The Kier molecular flexibility index (Phi) is 4.77. The third-order valence-corrected chi connectivity index (χ3v) is 6.17. The number of benzene rings is 2. The topological polar surface area (TPSA) is 115 Å². The summed E-state index contributed by atoms with van der Waals surface area (Å²) in [5.74, 6) is -0.175. The lowest BCUT2D eigenvalue weighted by molar-refractivity contribution is 0.0925. The maximum absolute atomic E-state index is 12.7. The number of anilines is 1. The fraction of sp³-hybridized carbons (Fsp3) is 0.0476. The number of carbonyl (C=O) groups is 1. The van der Waals surface area contributed by atoms with Gasteiger partial charge < -0.3 is 15.5 Å². The smallest absolute Gasteiger partial charge is 0.287 e. The lowest BCUT2D eigenvalue weighted by Crippen LogP contribution is -2.22. The number of sulfone groups is 1. The first kappa shape index (κ1) is 18.7. The predicted octanol–water partition coefficient (Wildman–Crippen LogP) is 3.17. The van der Waals surface area contributed by atoms with Gasteiger partial charge in [-0.3, -0.25) is 9.78 Å². The highest BCUT2D eigenvalue weighted by atomic mass is 32.2. The van der Waals surface area contributed by atoms with Gasteiger partial charge in [0.05, 0.1) is 16.0 Å². The number of rotatable bonds is 5. The van der Waals surface area contributed by atoms with E-state index in [0.717, 1.165) is 10.9 Å². The van der Waals surface area contributed by atoms with E-state index >= 15 is 0 Å². The van der Waals surface area contributed by atoms with Gasteiger partial charge in [-0.25, -0.2) is 8.42 Å². The van der Waals surface area contributed by atoms with E-state index < -0.39 is 9.84 Å². The van der Waals surface area contributed by atoms with Crippen LogP contribution in [0.1, 0.15) is 16.1 Å². The Morgan fingerprint density at radius 3 is 2.55 bits per heavy atom. The quantitative estimate of drug-likeness (QED) is 0.491. The van der Waals surface area contributed by atoms with Crippen molar-refractivity contribution in [3.8, 4) is 0 Å². The molecule has 8 heteroatoms. The zero-order valence-electron chi connectivity index (χ0n) is 15.2. The summed E-state index contributed by atoms with van der Waals surface area (Å²) in [5, 5.41) is 3.55. The number of nitrogen functional groups attached to an aromatic ring is 1. The molecule has 0 aliphatic carbocycles. The number of nitrogens with one attached hydrogen (secondary N) is 1. The van der Waals surface area contributed by atoms with Crippen LogP contribution in [0.4, 0.5) is 5.69 Å². The van der Waals surface area contributed by atoms with Gasteiger partial charge in [-0.2, -0.15) is 0 Å². The van der Waals surface area contributed by atoms with Crippen molar-refractivity contribution in [2.75, 3.05) is 5.73 Å². The minimum Gasteiger partial charge on any atom is -0.449 e. The van der Waals surface area contributed by atoms with Gasteiger partial charge in [0.2, 0.25) is 9.84 Å². The summed E-state index contributed by atoms with van der Waals surface area (Å²) in [7, 11) is -3.66. The molecule has 0 spiro atoms. The van der Waals surface area contributed by atoms with Crippen LogP contribution in [-0.2, 0) is 16.4 Å². The molecule has 0 radical (unpaired) electrons. The number of carbonyl (C=O) groups excluding carboxylic acids is 1. The number of fused-ring (bicyclic) bond motifs is 1. The fourth-order valence-corrected chi connectivity index (χ4v) is 4.19. The third-order valence-electron chi connectivity index (χ3n) is 4.40. The van der Waals surface area contributed by atoms with Crippen molar-refractivity contribution in [3.63, 3.8) is 0 Å². The Morgan fingerprint density at radius 2 is 1.83 bits per heavy atom. The van der Waals surface area contributed by atoms with Gasteiger partial charge in [0.25, 0.3) is 5.91 Å². The summed E-state index contributed by atoms with van der Waals surface area (Å²) in [5.41, 5.74) is 7.35. The van der Waals surface area contributed by atoms with Crippen LogP contribution in [0.2, 0.25) is 0 Å². The second-order valence-corrected chi connectivity index (χ2v) is 8.38. The van der Waals surface area contributed by atoms with Crippen molar-refractivity contribution in [3.05, 3.63) is 84.4 Å². The molecule has 0 bridgehead atoms. The van der Waals surface area contributed by atoms with Crippen molar-refractivity contribution >= 4 is 32.4 Å². The van der Waals surface area contributed by atoms with Crippen molar-refractivity contribution < 1.29 is 17.6 Å². The maximum atomic E-state index is 12.7. The van der Waals surface area contributed by atoms with Crippen LogP contribution in [0.3, 0.4) is 0 Å². The highest BCUT2D eigenvalue weighted by Crippen LogP contribution is 2.23. The second kappa shape index (κ2) is 7.40. The zero-order chi connectivity index (χ0) is 20.4. The van der Waals surface area contributed by atoms with E-state index in [4.69, 9.17) is 10.2 Å². The van der Waals surface area contributed by atoms with E-state index in [1.165, 1.54) is 24.3 Å². The number of nitrogens with zero attached hydrogens (tertiary/aromatic N) is 1. The summed E-state index contributed by atoms with van der Waals surface area (Å²) in [4.78, 5) is 16.5. The average Bonchev–Trinajstić information content (AvgIpc) is 3.17. The third kappa shape index (κ3) is 3.83. The largest absolute Gasteiger partial charge is 0.449 e. The number of hydrogen-bond donors (Lipinski definition) is 2. The predicted molar refractivity (Wildman–Crippen MR) is 108 cm³/mol. The summed E-state index contributed by atoms with van der Waals surface area (Å²) < 4.78 is 30.9. The molecule has 2 heterocycles. The molecular weight excluding hydrogens is 390 g/mol. The molecular formula is C21H17N3O4S. The van der Waals surface area contributed by atoms with Gasteiger partial charge in [-0.15, -0.1) is 0 Å². The Labute approximate surface area is 167 Å². The van der Waals surface area contributed by atoms with Crippen LogP contribution >= 0.6 is 0 Å². The first-order chi connectivity index (χ1) is 13.9. The van der Waals surface area contributed by atoms with E-state index in [-0.39, 0.29) is 28.0 Å². The van der Waals surface area contributed by atoms with Gasteiger partial charge in [-0.1, -0.05) is 18.2 Å². The molecule has 1 amide bonds. The number of amides is 1. The number of furan rings is 1. The van der Waals surface area contributed by atoms with E-state index in [2.05, 4.69) is 10.3 Å². The zero-order valence-corrected chi connectivity index (χ0v) is 16.0. The molecule has 2 aromatic carbocycles. The van der Waals surface area contributed by atoms with Crippen molar-refractivity contribution in [1.29, 1.82) is 0 Å². The van der Waals surface area contributed by atoms with Crippen molar-refractivity contribution in [2.45, 2.75) is 16.3 Å². The number of pyridine rings is 1. The molecule has 0 fully saturated rings. The molecule has 2 aromatic heterocycles. The van der Waals surface area contributed by atoms with Gasteiger partial charge >= 0.3 is 0 Å². The monoisotopic (exact) mass is 407 g/mol. The second-order valence-electron chi connectivity index (χ2n) is 6.43. The normalized spacial score (nSPS) is 11.4. The summed E-state index contributed by atoms with van der Waals surface area (Å²) in [6, 6.07) is 15.9. The van der Waals surface area contributed by atoms with Gasteiger partial charge in [0.15, 0.2) is 11.3 Å². The van der Waals surface area contributed by atoms with E-state index in [0.29, 0.717) is 11.3 Å². The number of hydrogen-bond acceptors (Lipinski definition) is 6. The molecule has 0 saturated carbocycles. The standard InChI is InChI=1S/C21H17N3O4S/c22-16-2-1-3-18(11-16)29(26,27)17-6-4-14(5-7-17)12-24-21(25)19-10-15-8-9-23-13-20(15)28-19/h1-11,13H,12,22H2,(H,24,25). The van der Waals surface area contributed by atoms with E-state index in [1.807, 2.05) is 0 Å². The van der Waals surface area contributed by atoms with Gasteiger partial charge in [0.1, 0.15) is 0 Å². The van der Waals surface area contributed by atoms with Crippen LogP contribution in [0.15, 0.2) is 87.3 Å². The Bertz CT molecular complexity index is 1260. The molecule has 4 aromatic rings. The molecule has 0 unspecified atom stereocenters. The first-order valence-corrected chi connectivity index (χ1v) is 10.2. The Morgan fingerprint density at radius 1 is 1.03 bits per heavy atom. The van der Waals surface area contributed by atoms with Crippen LogP contribution in [0, 0.1) is 0 Å². The SMILES string of the molecule is Nc1cccc(S(=O)(=O)c2ccc(CNC(=O)c3cc4ccncc4o3)cc2)c1. The lowest BCUT2D eigenvalue weighted by Gasteiger charge is -2.07. The van der Waals surface area contributed by atoms with Crippen LogP contribution in [-0.4, -0.2) is 19.3 Å². The summed E-state index contributed by atoms with van der Waals surface area (Å²) in [6.07, 6.45) is 3.17.